The summed E-state index contributed by atoms with van der Waals surface area (Å²) in [4.78, 5) is 24.6. The first kappa shape index (κ1) is 19.7. The molecule has 0 spiro atoms. The van der Waals surface area contributed by atoms with Gasteiger partial charge in [0.05, 0.1) is 16.7 Å². The van der Waals surface area contributed by atoms with Crippen molar-refractivity contribution in [2.75, 3.05) is 18.2 Å². The number of fused-ring (bicyclic) bond motifs is 1. The zero-order valence-electron chi connectivity index (χ0n) is 15.1. The highest BCUT2D eigenvalue weighted by atomic mass is 35.5. The Kier molecular flexibility index (Phi) is 5.46. The van der Waals surface area contributed by atoms with Crippen molar-refractivity contribution in [1.82, 2.24) is 0 Å². The predicted octanol–water partition coefficient (Wildman–Crippen LogP) is 4.06. The molecule has 0 saturated carbocycles. The standard InChI is InChI=1S/C16H23ClN2O5Si/c1-16(2)15(20)18(10-23-6-7-25(3,4)5)13-8-11(17)12(19(21)22)9-14(13)24-16/h8-9H,6-7,10H2,1-5H3. The molecule has 0 aromatic heterocycles. The Labute approximate surface area is 153 Å². The van der Waals surface area contributed by atoms with E-state index in [1.54, 1.807) is 13.8 Å². The SMILES string of the molecule is CC1(C)Oc2cc([N+](=O)[O-])c(Cl)cc2N(COCC[Si](C)(C)C)C1=O. The van der Waals surface area contributed by atoms with Gasteiger partial charge < -0.3 is 9.47 Å². The fraction of sp³-hybridized carbons (Fsp3) is 0.562. The van der Waals surface area contributed by atoms with Crippen molar-refractivity contribution in [3.8, 4) is 5.75 Å². The van der Waals surface area contributed by atoms with Gasteiger partial charge in [0.15, 0.2) is 11.4 Å². The van der Waals surface area contributed by atoms with Gasteiger partial charge in [-0.05, 0) is 26.0 Å². The van der Waals surface area contributed by atoms with Crippen LogP contribution in [0.2, 0.25) is 30.7 Å². The Morgan fingerprint density at radius 3 is 2.56 bits per heavy atom. The average molecular weight is 387 g/mol. The van der Waals surface area contributed by atoms with Crippen LogP contribution < -0.4 is 9.64 Å². The van der Waals surface area contributed by atoms with Gasteiger partial charge in [0.25, 0.3) is 11.6 Å². The molecule has 0 bridgehead atoms. The monoisotopic (exact) mass is 386 g/mol. The number of halogens is 1. The quantitative estimate of drug-likeness (QED) is 0.318. The van der Waals surface area contributed by atoms with E-state index in [1.807, 2.05) is 0 Å². The fourth-order valence-electron chi connectivity index (χ4n) is 2.38. The lowest BCUT2D eigenvalue weighted by Crippen LogP contribution is -2.53. The molecule has 0 saturated heterocycles. The fourth-order valence-corrected chi connectivity index (χ4v) is 3.36. The zero-order valence-corrected chi connectivity index (χ0v) is 16.8. The predicted molar refractivity (Wildman–Crippen MR) is 99.3 cm³/mol. The first-order valence-corrected chi connectivity index (χ1v) is 12.1. The van der Waals surface area contributed by atoms with E-state index in [1.165, 1.54) is 17.0 Å². The van der Waals surface area contributed by atoms with E-state index in [9.17, 15) is 14.9 Å². The summed E-state index contributed by atoms with van der Waals surface area (Å²) < 4.78 is 11.4. The van der Waals surface area contributed by atoms with Gasteiger partial charge in [-0.1, -0.05) is 31.2 Å². The maximum Gasteiger partial charge on any atom is 0.291 e. The van der Waals surface area contributed by atoms with Crippen molar-refractivity contribution >= 4 is 37.0 Å². The smallest absolute Gasteiger partial charge is 0.291 e. The molecule has 138 valence electrons. The van der Waals surface area contributed by atoms with Crippen molar-refractivity contribution in [3.63, 3.8) is 0 Å². The number of carbonyl (C=O) groups is 1. The minimum absolute atomic E-state index is 0.0491. The van der Waals surface area contributed by atoms with Crippen LogP contribution in [0.15, 0.2) is 12.1 Å². The molecule has 0 atom stereocenters. The third kappa shape index (κ3) is 4.50. The zero-order chi connectivity index (χ0) is 19.0. The number of hydrogen-bond donors (Lipinski definition) is 0. The first-order chi connectivity index (χ1) is 11.4. The van der Waals surface area contributed by atoms with Crippen molar-refractivity contribution in [2.24, 2.45) is 0 Å². The Morgan fingerprint density at radius 1 is 1.36 bits per heavy atom. The number of amides is 1. The van der Waals surface area contributed by atoms with Gasteiger partial charge in [-0.15, -0.1) is 0 Å². The van der Waals surface area contributed by atoms with Gasteiger partial charge in [0.2, 0.25) is 0 Å². The van der Waals surface area contributed by atoms with Crippen LogP contribution in [0.25, 0.3) is 0 Å². The number of carbonyl (C=O) groups excluding carboxylic acids is 1. The first-order valence-electron chi connectivity index (χ1n) is 7.99. The normalized spacial score (nSPS) is 16.4. The summed E-state index contributed by atoms with van der Waals surface area (Å²) in [6.07, 6.45) is 0. The van der Waals surface area contributed by atoms with Crippen molar-refractivity contribution in [2.45, 2.75) is 45.1 Å². The molecule has 0 N–H and O–H groups in total. The van der Waals surface area contributed by atoms with Gasteiger partial charge in [-0.25, -0.2) is 0 Å². The van der Waals surface area contributed by atoms with Gasteiger partial charge >= 0.3 is 0 Å². The highest BCUT2D eigenvalue weighted by molar-refractivity contribution is 6.76. The molecule has 0 radical (unpaired) electrons. The Bertz CT molecular complexity index is 703. The van der Waals surface area contributed by atoms with Crippen LogP contribution in [-0.4, -0.2) is 37.8 Å². The van der Waals surface area contributed by atoms with Crippen LogP contribution in [0.4, 0.5) is 11.4 Å². The Balaban J connectivity index is 2.29. The van der Waals surface area contributed by atoms with Gasteiger partial charge in [0.1, 0.15) is 11.8 Å². The molecule has 1 heterocycles. The van der Waals surface area contributed by atoms with E-state index >= 15 is 0 Å². The lowest BCUT2D eigenvalue weighted by Gasteiger charge is -2.38. The van der Waals surface area contributed by atoms with E-state index in [0.29, 0.717) is 12.3 Å². The Morgan fingerprint density at radius 2 is 2.00 bits per heavy atom. The van der Waals surface area contributed by atoms with Crippen LogP contribution in [0.3, 0.4) is 0 Å². The van der Waals surface area contributed by atoms with Gasteiger partial charge in [0, 0.05) is 14.7 Å². The highest BCUT2D eigenvalue weighted by Crippen LogP contribution is 2.43. The lowest BCUT2D eigenvalue weighted by molar-refractivity contribution is -0.384. The number of nitro benzene ring substituents is 1. The molecule has 1 aliphatic rings. The molecule has 7 nitrogen and oxygen atoms in total. The molecule has 1 aromatic rings. The number of hydrogen-bond acceptors (Lipinski definition) is 5. The average Bonchev–Trinajstić information content (AvgIpc) is 2.46. The third-order valence-electron chi connectivity index (χ3n) is 3.86. The Hall–Kier alpha value is -1.64. The molecule has 0 fully saturated rings. The maximum atomic E-state index is 12.7. The second-order valence-corrected chi connectivity index (χ2v) is 13.8. The second kappa shape index (κ2) is 6.93. The third-order valence-corrected chi connectivity index (χ3v) is 5.86. The molecule has 1 aliphatic heterocycles. The van der Waals surface area contributed by atoms with Gasteiger partial charge in [-0.3, -0.25) is 19.8 Å². The minimum atomic E-state index is -1.24. The molecule has 0 unspecified atom stereocenters. The summed E-state index contributed by atoms with van der Waals surface area (Å²) in [5, 5.41) is 11.0. The second-order valence-electron chi connectivity index (χ2n) is 7.72. The minimum Gasteiger partial charge on any atom is -0.476 e. The van der Waals surface area contributed by atoms with E-state index in [-0.39, 0.29) is 29.1 Å². The van der Waals surface area contributed by atoms with Crippen molar-refractivity contribution in [3.05, 3.63) is 27.3 Å². The molecular weight excluding hydrogens is 364 g/mol. The molecule has 0 aliphatic carbocycles. The van der Waals surface area contributed by atoms with E-state index in [4.69, 9.17) is 21.1 Å². The molecule has 1 aromatic carbocycles. The largest absolute Gasteiger partial charge is 0.476 e. The van der Waals surface area contributed by atoms with Crippen LogP contribution in [-0.2, 0) is 9.53 Å². The van der Waals surface area contributed by atoms with Crippen LogP contribution >= 0.6 is 11.6 Å². The number of nitrogens with zero attached hydrogens (tertiary/aromatic N) is 2. The van der Waals surface area contributed by atoms with E-state index in [0.717, 1.165) is 6.04 Å². The number of nitro groups is 1. The van der Waals surface area contributed by atoms with E-state index in [2.05, 4.69) is 19.6 Å². The topological polar surface area (TPSA) is 81.9 Å². The summed E-state index contributed by atoms with van der Waals surface area (Å²) in [6, 6.07) is 3.60. The van der Waals surface area contributed by atoms with Crippen molar-refractivity contribution in [1.29, 1.82) is 0 Å². The highest BCUT2D eigenvalue weighted by Gasteiger charge is 2.42. The summed E-state index contributed by atoms with van der Waals surface area (Å²) >= 11 is 5.99. The lowest BCUT2D eigenvalue weighted by atomic mass is 10.0. The number of ether oxygens (including phenoxy) is 2. The van der Waals surface area contributed by atoms with Crippen molar-refractivity contribution < 1.29 is 19.2 Å². The molecule has 2 rings (SSSR count). The summed E-state index contributed by atoms with van der Waals surface area (Å²) in [5.41, 5.74) is -1.02. The molecule has 9 heteroatoms. The number of benzene rings is 1. The summed E-state index contributed by atoms with van der Waals surface area (Å²) in [6.45, 7) is 10.6. The maximum absolute atomic E-state index is 12.7. The molecule has 1 amide bonds. The molecular formula is C16H23ClN2O5Si. The van der Waals surface area contributed by atoms with Crippen LogP contribution in [0, 0.1) is 10.1 Å². The van der Waals surface area contributed by atoms with Crippen LogP contribution in [0.1, 0.15) is 13.8 Å². The molecule has 25 heavy (non-hydrogen) atoms. The number of rotatable bonds is 6. The van der Waals surface area contributed by atoms with Crippen LogP contribution in [0.5, 0.6) is 5.75 Å². The summed E-state index contributed by atoms with van der Waals surface area (Å²) in [7, 11) is -1.24. The van der Waals surface area contributed by atoms with Gasteiger partial charge in [-0.2, -0.15) is 0 Å². The summed E-state index contributed by atoms with van der Waals surface area (Å²) in [5.74, 6) is -0.0348. The van der Waals surface area contributed by atoms with E-state index < -0.39 is 18.6 Å². The number of anilines is 1.